The first-order valence-electron chi connectivity index (χ1n) is 9.97. The summed E-state index contributed by atoms with van der Waals surface area (Å²) in [4.78, 5) is 20.7. The Morgan fingerprint density at radius 1 is 1.31 bits per heavy atom. The molecule has 0 unspecified atom stereocenters. The second-order valence-electron chi connectivity index (χ2n) is 8.22. The lowest BCUT2D eigenvalue weighted by Crippen LogP contribution is -2.50. The van der Waals surface area contributed by atoms with Gasteiger partial charge in [-0.05, 0) is 68.2 Å². The van der Waals surface area contributed by atoms with E-state index in [1.807, 2.05) is 47.5 Å². The van der Waals surface area contributed by atoms with Crippen LogP contribution < -0.4 is 10.6 Å². The molecule has 1 amide bonds. The fraction of sp³-hybridized carbons (Fsp3) is 0.348. The summed E-state index contributed by atoms with van der Waals surface area (Å²) in [5.74, 6) is 0.308. The van der Waals surface area contributed by atoms with Gasteiger partial charge in [0.2, 0.25) is 5.91 Å². The summed E-state index contributed by atoms with van der Waals surface area (Å²) in [6.07, 6.45) is 3.37. The second kappa shape index (κ2) is 8.19. The number of carbonyl (C=O) groups excluding carboxylic acids is 1. The lowest BCUT2D eigenvalue weighted by atomic mass is 9.91. The van der Waals surface area contributed by atoms with Crippen LogP contribution in [0.4, 0.5) is 5.69 Å². The summed E-state index contributed by atoms with van der Waals surface area (Å²) in [5, 5.41) is 1.82. The molecule has 1 aromatic heterocycles. The van der Waals surface area contributed by atoms with Gasteiger partial charge in [-0.2, -0.15) is 0 Å². The Bertz CT molecular complexity index is 1030. The number of hydrogen-bond acceptors (Lipinski definition) is 3. The van der Waals surface area contributed by atoms with Crippen LogP contribution in [0.25, 0.3) is 10.9 Å². The smallest absolute Gasteiger partial charge is 0.244 e. The number of carbonyl (C=O) groups is 1. The van der Waals surface area contributed by atoms with Crippen molar-refractivity contribution in [1.29, 1.82) is 0 Å². The number of nitrogens with one attached hydrogen (secondary N) is 1. The van der Waals surface area contributed by atoms with Crippen LogP contribution in [0.2, 0.25) is 5.02 Å². The molecule has 2 heterocycles. The number of aromatic nitrogens is 1. The number of para-hydroxylation sites is 1. The predicted molar refractivity (Wildman–Crippen MR) is 120 cm³/mol. The monoisotopic (exact) mass is 410 g/mol. The average molecular weight is 411 g/mol. The van der Waals surface area contributed by atoms with Gasteiger partial charge in [-0.25, -0.2) is 0 Å². The minimum atomic E-state index is -0.601. The zero-order valence-electron chi connectivity index (χ0n) is 16.9. The molecule has 2 aromatic carbocycles. The fourth-order valence-corrected chi connectivity index (χ4v) is 4.58. The number of amides is 1. The summed E-state index contributed by atoms with van der Waals surface area (Å²) in [6, 6.07) is 13.3. The first kappa shape index (κ1) is 20.0. The molecule has 29 heavy (non-hydrogen) atoms. The minimum Gasteiger partial charge on any atom is -0.361 e. The van der Waals surface area contributed by atoms with E-state index in [0.717, 1.165) is 40.7 Å². The zero-order chi connectivity index (χ0) is 20.5. The van der Waals surface area contributed by atoms with Crippen LogP contribution in [0, 0.1) is 5.92 Å². The number of fused-ring (bicyclic) bond motifs is 2. The van der Waals surface area contributed by atoms with Crippen molar-refractivity contribution < 1.29 is 4.79 Å². The lowest BCUT2D eigenvalue weighted by molar-refractivity contribution is -0.120. The Morgan fingerprint density at radius 3 is 2.90 bits per heavy atom. The van der Waals surface area contributed by atoms with E-state index in [-0.39, 0.29) is 5.91 Å². The Labute approximate surface area is 176 Å². The van der Waals surface area contributed by atoms with Gasteiger partial charge in [-0.1, -0.05) is 29.8 Å². The molecular formula is C23H27ClN4O. The van der Waals surface area contributed by atoms with E-state index >= 15 is 0 Å². The van der Waals surface area contributed by atoms with E-state index in [4.69, 9.17) is 17.3 Å². The van der Waals surface area contributed by atoms with Crippen molar-refractivity contribution in [3.05, 3.63) is 64.8 Å². The molecule has 3 N–H and O–H groups in total. The van der Waals surface area contributed by atoms with Crippen molar-refractivity contribution in [3.63, 3.8) is 0 Å². The maximum Gasteiger partial charge on any atom is 0.244 e. The normalized spacial score (nSPS) is 17.6. The number of nitrogens with zero attached hydrogens (tertiary/aromatic N) is 2. The largest absolute Gasteiger partial charge is 0.361 e. The summed E-state index contributed by atoms with van der Waals surface area (Å²) in [5.41, 5.74) is 10.6. The number of halogens is 1. The molecule has 0 bridgehead atoms. The fourth-order valence-electron chi connectivity index (χ4n) is 4.39. The lowest BCUT2D eigenvalue weighted by Gasteiger charge is -2.37. The highest BCUT2D eigenvalue weighted by atomic mass is 35.5. The van der Waals surface area contributed by atoms with Crippen molar-refractivity contribution in [2.24, 2.45) is 11.7 Å². The number of hydrogen-bond donors (Lipinski definition) is 2. The van der Waals surface area contributed by atoms with Gasteiger partial charge in [0.05, 0.1) is 6.04 Å². The van der Waals surface area contributed by atoms with Gasteiger partial charge in [0.1, 0.15) is 0 Å². The molecule has 0 saturated carbocycles. The molecule has 0 radical (unpaired) electrons. The van der Waals surface area contributed by atoms with Crippen molar-refractivity contribution >= 4 is 34.1 Å². The van der Waals surface area contributed by atoms with Crippen molar-refractivity contribution in [2.75, 3.05) is 32.1 Å². The number of rotatable bonds is 5. The molecule has 0 spiro atoms. The van der Waals surface area contributed by atoms with Gasteiger partial charge in [0, 0.05) is 40.9 Å². The van der Waals surface area contributed by atoms with Crippen LogP contribution in [-0.4, -0.2) is 49.0 Å². The number of anilines is 1. The summed E-state index contributed by atoms with van der Waals surface area (Å²) in [7, 11) is 4.12. The van der Waals surface area contributed by atoms with Crippen molar-refractivity contribution in [1.82, 2.24) is 9.88 Å². The molecule has 0 fully saturated rings. The Hall–Kier alpha value is -2.34. The predicted octanol–water partition coefficient (Wildman–Crippen LogP) is 3.46. The Kier molecular flexibility index (Phi) is 5.63. The Morgan fingerprint density at radius 2 is 2.10 bits per heavy atom. The first-order chi connectivity index (χ1) is 13.9. The van der Waals surface area contributed by atoms with Crippen LogP contribution in [0.3, 0.4) is 0 Å². The van der Waals surface area contributed by atoms with Crippen LogP contribution in [0.15, 0.2) is 48.7 Å². The van der Waals surface area contributed by atoms with Gasteiger partial charge in [0.25, 0.3) is 0 Å². The number of H-pyrrole nitrogens is 1. The molecule has 4 rings (SSSR count). The molecule has 152 valence electrons. The molecule has 2 atom stereocenters. The topological polar surface area (TPSA) is 65.4 Å². The van der Waals surface area contributed by atoms with E-state index in [0.29, 0.717) is 23.9 Å². The number of nitrogens with two attached hydrogens (primary N) is 1. The van der Waals surface area contributed by atoms with E-state index in [9.17, 15) is 4.79 Å². The molecule has 1 aliphatic rings. The van der Waals surface area contributed by atoms with E-state index < -0.39 is 6.04 Å². The molecule has 1 aliphatic heterocycles. The van der Waals surface area contributed by atoms with Gasteiger partial charge in [-0.15, -0.1) is 0 Å². The molecule has 0 saturated heterocycles. The van der Waals surface area contributed by atoms with Gasteiger partial charge >= 0.3 is 0 Å². The van der Waals surface area contributed by atoms with Crippen LogP contribution >= 0.6 is 11.6 Å². The molecule has 3 aromatic rings. The highest BCUT2D eigenvalue weighted by molar-refractivity contribution is 6.30. The van der Waals surface area contributed by atoms with E-state index in [1.54, 1.807) is 0 Å². The highest BCUT2D eigenvalue weighted by Crippen LogP contribution is 2.33. The minimum absolute atomic E-state index is 0.0395. The third kappa shape index (κ3) is 4.17. The van der Waals surface area contributed by atoms with Gasteiger partial charge < -0.3 is 20.5 Å². The quantitative estimate of drug-likeness (QED) is 0.677. The maximum atomic E-state index is 13.4. The average Bonchev–Trinajstić information content (AvgIpc) is 3.09. The molecule has 0 aliphatic carbocycles. The van der Waals surface area contributed by atoms with Gasteiger partial charge in [0.15, 0.2) is 0 Å². The summed E-state index contributed by atoms with van der Waals surface area (Å²) < 4.78 is 0. The zero-order valence-corrected chi connectivity index (χ0v) is 17.6. The van der Waals surface area contributed by atoms with Crippen LogP contribution in [-0.2, 0) is 17.6 Å². The van der Waals surface area contributed by atoms with Crippen LogP contribution in [0.5, 0.6) is 0 Å². The standard InChI is InChI=1S/C23H27ClN4O/c1-27(2)13-15-9-16-10-18(24)7-8-22(16)28(14-15)23(29)20(25)11-17-12-26-21-6-4-3-5-19(17)21/h3-8,10,12,15,20,26H,9,11,13-14,25H2,1-2H3/t15-,20-/m1/s1. The SMILES string of the molecule is CN(C)C[C@H]1Cc2cc(Cl)ccc2N(C(=O)[C@H](N)Cc2c[nH]c3ccccc23)C1. The van der Waals surface area contributed by atoms with E-state index in [2.05, 4.69) is 30.0 Å². The first-order valence-corrected chi connectivity index (χ1v) is 10.4. The highest BCUT2D eigenvalue weighted by Gasteiger charge is 2.31. The van der Waals surface area contributed by atoms with Crippen molar-refractivity contribution in [3.8, 4) is 0 Å². The molecule has 6 heteroatoms. The number of benzene rings is 2. The Balaban J connectivity index is 1.59. The van der Waals surface area contributed by atoms with E-state index in [1.165, 1.54) is 0 Å². The molecular weight excluding hydrogens is 384 g/mol. The molecule has 5 nitrogen and oxygen atoms in total. The third-order valence-electron chi connectivity index (χ3n) is 5.60. The third-order valence-corrected chi connectivity index (χ3v) is 5.84. The summed E-state index contributed by atoms with van der Waals surface area (Å²) in [6.45, 7) is 1.58. The van der Waals surface area contributed by atoms with Crippen LogP contribution in [0.1, 0.15) is 11.1 Å². The summed E-state index contributed by atoms with van der Waals surface area (Å²) >= 11 is 6.23. The second-order valence-corrected chi connectivity index (χ2v) is 8.66. The van der Waals surface area contributed by atoms with Crippen molar-refractivity contribution in [2.45, 2.75) is 18.9 Å². The maximum absolute atomic E-state index is 13.4. The number of aromatic amines is 1. The van der Waals surface area contributed by atoms with Gasteiger partial charge in [-0.3, -0.25) is 4.79 Å².